The van der Waals surface area contributed by atoms with Crippen LogP contribution in [0.15, 0.2) is 52.5 Å². The zero-order chi connectivity index (χ0) is 23.3. The van der Waals surface area contributed by atoms with E-state index in [0.29, 0.717) is 31.2 Å². The average Bonchev–Trinajstić information content (AvgIpc) is 3.14. The van der Waals surface area contributed by atoms with Crippen LogP contribution in [0.2, 0.25) is 0 Å². The zero-order valence-electron chi connectivity index (χ0n) is 18.6. The fourth-order valence-electron chi connectivity index (χ4n) is 4.14. The number of phenolic OH excluding ortho intramolecular Hbond substituents is 1. The predicted octanol–water partition coefficient (Wildman–Crippen LogP) is 2.79. The fourth-order valence-corrected chi connectivity index (χ4v) is 6.35. The van der Waals surface area contributed by atoms with Gasteiger partial charge < -0.3 is 14.9 Å². The number of carbonyl (C=O) groups excluding carboxylic acids is 1. The number of aromatic hydroxyl groups is 1. The Balaban J connectivity index is 1.27. The van der Waals surface area contributed by atoms with E-state index in [0.717, 1.165) is 44.5 Å². The highest BCUT2D eigenvalue weighted by Crippen LogP contribution is 2.23. The summed E-state index contributed by atoms with van der Waals surface area (Å²) in [5, 5.41) is 10.1. The van der Waals surface area contributed by atoms with Crippen LogP contribution in [0.5, 0.6) is 5.75 Å². The van der Waals surface area contributed by atoms with Crippen molar-refractivity contribution >= 4 is 33.4 Å². The maximum Gasteiger partial charge on any atom is 0.244 e. The van der Waals surface area contributed by atoms with Gasteiger partial charge in [0, 0.05) is 51.2 Å². The van der Waals surface area contributed by atoms with Crippen molar-refractivity contribution in [3.63, 3.8) is 0 Å². The molecule has 2 aromatic rings. The van der Waals surface area contributed by atoms with Crippen LogP contribution in [0.3, 0.4) is 0 Å². The topological polar surface area (TPSA) is 94.0 Å². The maximum absolute atomic E-state index is 12.9. The minimum Gasteiger partial charge on any atom is -0.508 e. The third kappa shape index (κ3) is 5.99. The largest absolute Gasteiger partial charge is 0.508 e. The van der Waals surface area contributed by atoms with Gasteiger partial charge in [-0.05, 0) is 49.2 Å². The molecule has 1 aromatic heterocycles. The average molecular weight is 491 g/mol. The number of hydrogen-bond acceptors (Lipinski definition) is 7. The van der Waals surface area contributed by atoms with Crippen molar-refractivity contribution in [1.29, 1.82) is 0 Å². The highest BCUT2D eigenvalue weighted by Gasteiger charge is 2.26. The summed E-state index contributed by atoms with van der Waals surface area (Å²) < 4.78 is 27.3. The molecule has 33 heavy (non-hydrogen) atoms. The first-order chi connectivity index (χ1) is 15.9. The van der Waals surface area contributed by atoms with E-state index in [1.165, 1.54) is 18.0 Å². The molecular weight excluding hydrogens is 460 g/mol. The molecule has 3 heterocycles. The Hall–Kier alpha value is -2.30. The molecule has 0 bridgehead atoms. The minimum absolute atomic E-state index is 0.0495. The third-order valence-corrected chi connectivity index (χ3v) is 8.91. The summed E-state index contributed by atoms with van der Waals surface area (Å²) in [5.41, 5.74) is 1.04. The smallest absolute Gasteiger partial charge is 0.244 e. The number of benzene rings is 1. The molecule has 0 atom stereocenters. The van der Waals surface area contributed by atoms with Crippen molar-refractivity contribution in [1.82, 2.24) is 14.2 Å². The van der Waals surface area contributed by atoms with Crippen LogP contribution in [0.25, 0.3) is 0 Å². The second kappa shape index (κ2) is 10.8. The van der Waals surface area contributed by atoms with E-state index < -0.39 is 10.0 Å². The van der Waals surface area contributed by atoms with Crippen molar-refractivity contribution in [3.8, 4) is 5.75 Å². The number of thioether (sulfide) groups is 1. The number of aromatic nitrogens is 1. The second-order valence-electron chi connectivity index (χ2n) is 8.32. The standard InChI is InChI=1S/C23H30N4O4S2/c28-20-7-5-19(6-8-20)25-13-15-26(16-14-25)23(29)18-32-22-10-9-21(17-24-22)33(30,31)27-11-3-1-2-4-12-27/h5-10,17,28H,1-4,11-16,18H2. The molecule has 0 saturated carbocycles. The van der Waals surface area contributed by atoms with Crippen LogP contribution in [-0.4, -0.2) is 78.6 Å². The Morgan fingerprint density at radius 2 is 1.58 bits per heavy atom. The summed E-state index contributed by atoms with van der Waals surface area (Å²) in [6.45, 7) is 3.88. The van der Waals surface area contributed by atoms with Crippen LogP contribution in [0, 0.1) is 0 Å². The van der Waals surface area contributed by atoms with Crippen LogP contribution in [0.4, 0.5) is 5.69 Å². The van der Waals surface area contributed by atoms with E-state index in [2.05, 4.69) is 9.88 Å². The molecule has 0 radical (unpaired) electrons. The molecular formula is C23H30N4O4S2. The van der Waals surface area contributed by atoms with Gasteiger partial charge >= 0.3 is 0 Å². The molecule has 1 amide bonds. The quantitative estimate of drug-likeness (QED) is 0.622. The van der Waals surface area contributed by atoms with Gasteiger partial charge in [-0.3, -0.25) is 4.79 Å². The number of sulfonamides is 1. The molecule has 178 valence electrons. The molecule has 4 rings (SSSR count). The van der Waals surface area contributed by atoms with Crippen molar-refractivity contribution in [2.24, 2.45) is 0 Å². The second-order valence-corrected chi connectivity index (χ2v) is 11.3. The third-order valence-electron chi connectivity index (χ3n) is 6.10. The van der Waals surface area contributed by atoms with Gasteiger partial charge in [-0.2, -0.15) is 4.31 Å². The van der Waals surface area contributed by atoms with Gasteiger partial charge in [0.15, 0.2) is 0 Å². The summed E-state index contributed by atoms with van der Waals surface area (Å²) in [7, 11) is -3.51. The highest BCUT2D eigenvalue weighted by atomic mass is 32.2. The van der Waals surface area contributed by atoms with Crippen LogP contribution in [0.1, 0.15) is 25.7 Å². The van der Waals surface area contributed by atoms with E-state index in [9.17, 15) is 18.3 Å². The summed E-state index contributed by atoms with van der Waals surface area (Å²) in [4.78, 5) is 21.2. The lowest BCUT2D eigenvalue weighted by Gasteiger charge is -2.36. The number of piperazine rings is 1. The summed E-state index contributed by atoms with van der Waals surface area (Å²) >= 11 is 1.33. The predicted molar refractivity (Wildman–Crippen MR) is 129 cm³/mol. The van der Waals surface area contributed by atoms with E-state index in [1.54, 1.807) is 28.6 Å². The molecule has 2 aliphatic rings. The number of pyridine rings is 1. The molecule has 1 N–H and O–H groups in total. The highest BCUT2D eigenvalue weighted by molar-refractivity contribution is 7.99. The lowest BCUT2D eigenvalue weighted by atomic mass is 10.2. The van der Waals surface area contributed by atoms with Crippen molar-refractivity contribution in [3.05, 3.63) is 42.6 Å². The molecule has 2 fully saturated rings. The Morgan fingerprint density at radius 3 is 2.18 bits per heavy atom. The van der Waals surface area contributed by atoms with Crippen LogP contribution in [-0.2, 0) is 14.8 Å². The van der Waals surface area contributed by atoms with Gasteiger partial charge in [0.2, 0.25) is 15.9 Å². The first kappa shape index (κ1) is 23.8. The minimum atomic E-state index is -3.51. The van der Waals surface area contributed by atoms with Gasteiger partial charge in [0.05, 0.1) is 10.8 Å². The van der Waals surface area contributed by atoms with Crippen molar-refractivity contribution in [2.75, 3.05) is 49.9 Å². The maximum atomic E-state index is 12.9. The van der Waals surface area contributed by atoms with Gasteiger partial charge in [-0.15, -0.1) is 0 Å². The zero-order valence-corrected chi connectivity index (χ0v) is 20.2. The first-order valence-corrected chi connectivity index (χ1v) is 13.8. The lowest BCUT2D eigenvalue weighted by molar-refractivity contribution is -0.128. The Morgan fingerprint density at radius 1 is 0.909 bits per heavy atom. The number of hydrogen-bond donors (Lipinski definition) is 1. The fraction of sp³-hybridized carbons (Fsp3) is 0.478. The van der Waals surface area contributed by atoms with Gasteiger partial charge in [0.25, 0.3) is 0 Å². The molecule has 2 saturated heterocycles. The van der Waals surface area contributed by atoms with E-state index in [4.69, 9.17) is 0 Å². The van der Waals surface area contributed by atoms with Gasteiger partial charge in [0.1, 0.15) is 10.6 Å². The van der Waals surface area contributed by atoms with E-state index in [-0.39, 0.29) is 22.3 Å². The SMILES string of the molecule is O=C(CSc1ccc(S(=O)(=O)N2CCCCCC2)cn1)N1CCN(c2ccc(O)cc2)CC1. The van der Waals surface area contributed by atoms with Crippen molar-refractivity contribution in [2.45, 2.75) is 35.6 Å². The van der Waals surface area contributed by atoms with Crippen molar-refractivity contribution < 1.29 is 18.3 Å². The van der Waals surface area contributed by atoms with E-state index >= 15 is 0 Å². The molecule has 8 nitrogen and oxygen atoms in total. The molecule has 0 spiro atoms. The van der Waals surface area contributed by atoms with E-state index in [1.807, 2.05) is 17.0 Å². The summed E-state index contributed by atoms with van der Waals surface area (Å²) in [6.07, 6.45) is 5.33. The Bertz CT molecular complexity index is 1030. The molecule has 2 aliphatic heterocycles. The lowest BCUT2D eigenvalue weighted by Crippen LogP contribution is -2.49. The molecule has 1 aromatic carbocycles. The van der Waals surface area contributed by atoms with Gasteiger partial charge in [-0.25, -0.2) is 13.4 Å². The number of carbonyl (C=O) groups is 1. The van der Waals surface area contributed by atoms with Gasteiger partial charge in [-0.1, -0.05) is 24.6 Å². The number of anilines is 1. The normalized spacial score (nSPS) is 18.2. The summed E-state index contributed by atoms with van der Waals surface area (Å²) in [6, 6.07) is 10.4. The van der Waals surface area contributed by atoms with Crippen LogP contribution >= 0.6 is 11.8 Å². The Kier molecular flexibility index (Phi) is 7.77. The molecule has 0 unspecified atom stereocenters. The number of nitrogens with zero attached hydrogens (tertiary/aromatic N) is 4. The molecule has 0 aliphatic carbocycles. The monoisotopic (exact) mass is 490 g/mol. The Labute approximate surface area is 199 Å². The summed E-state index contributed by atoms with van der Waals surface area (Å²) in [5.74, 6) is 0.559. The first-order valence-electron chi connectivity index (χ1n) is 11.3. The van der Waals surface area contributed by atoms with Crippen LogP contribution < -0.4 is 4.90 Å². The number of amides is 1. The number of rotatable bonds is 6. The molecule has 10 heteroatoms. The number of phenols is 1.